The largest absolute Gasteiger partial charge is 1.00 e. The van der Waals surface area contributed by atoms with Crippen LogP contribution in [0.15, 0.2) is 22.8 Å². The molecule has 0 aromatic heterocycles. The monoisotopic (exact) mass is 496 g/mol. The standard InChI is InChI=1S/C29H46O5.Na/c1-16(2)8-7-9-18(26(33)34)24-20-14-22(31)25-27(4)12-11-21(30)17(3)19(27)10-13-28(25,5)29(20,6)15-23(24)32;/h8,17,19-23,25,30-32H,7,9-15H2,1-6H3,(H,33,34);/q;+1/p-1/t17-,19+,20-,21?,22?,23+,25+,27+,28+,29+;/m1./s1. The molecule has 0 aromatic rings. The van der Waals surface area contributed by atoms with E-state index < -0.39 is 18.2 Å². The third-order valence-electron chi connectivity index (χ3n) is 11.3. The van der Waals surface area contributed by atoms with E-state index in [-0.39, 0.29) is 75.2 Å². The van der Waals surface area contributed by atoms with Crippen LogP contribution in [0.1, 0.15) is 92.9 Å². The summed E-state index contributed by atoms with van der Waals surface area (Å²) in [4.78, 5) is 12.2. The molecule has 0 radical (unpaired) electrons. The zero-order valence-corrected chi connectivity index (χ0v) is 24.9. The molecular weight excluding hydrogens is 451 g/mol. The topological polar surface area (TPSA) is 101 Å². The van der Waals surface area contributed by atoms with Crippen molar-refractivity contribution in [3.63, 3.8) is 0 Å². The van der Waals surface area contributed by atoms with E-state index >= 15 is 0 Å². The quantitative estimate of drug-likeness (QED) is 0.303. The Hall–Kier alpha value is -0.170. The van der Waals surface area contributed by atoms with Gasteiger partial charge in [0.1, 0.15) is 0 Å². The number of fused-ring (bicyclic) bond motifs is 5. The van der Waals surface area contributed by atoms with Crippen molar-refractivity contribution >= 4 is 5.97 Å². The molecule has 0 amide bonds. The number of allylic oxidation sites excluding steroid dienone is 2. The number of carbonyl (C=O) groups excluding carboxylic acids is 1. The molecule has 0 aliphatic heterocycles. The Morgan fingerprint density at radius 1 is 1.06 bits per heavy atom. The molecule has 0 spiro atoms. The van der Waals surface area contributed by atoms with Gasteiger partial charge in [-0.2, -0.15) is 0 Å². The Morgan fingerprint density at radius 2 is 1.71 bits per heavy atom. The van der Waals surface area contributed by atoms with Gasteiger partial charge in [0.05, 0.1) is 24.3 Å². The molecule has 0 aromatic carbocycles. The van der Waals surface area contributed by atoms with Crippen molar-refractivity contribution in [2.45, 2.75) is 111 Å². The van der Waals surface area contributed by atoms with Crippen LogP contribution in [0.2, 0.25) is 0 Å². The molecule has 4 fully saturated rings. The molecule has 2 unspecified atom stereocenters. The molecule has 6 heteroatoms. The van der Waals surface area contributed by atoms with Gasteiger partial charge in [0.15, 0.2) is 0 Å². The van der Waals surface area contributed by atoms with E-state index in [0.717, 1.165) is 31.3 Å². The van der Waals surface area contributed by atoms with Crippen LogP contribution in [0.5, 0.6) is 0 Å². The van der Waals surface area contributed by atoms with Crippen LogP contribution in [0.3, 0.4) is 0 Å². The number of hydrogen-bond acceptors (Lipinski definition) is 5. The SMILES string of the molecule is CC(C)=CCCC(C(=O)[O-])=C1[C@H]2CC(O)[C@H]3[C@@]4(C)CCC(O)[C@H](C)[C@@H]4CC[C@]3(C)[C@@]2(C)C[C@@H]1O.[Na+]. The van der Waals surface area contributed by atoms with E-state index in [1.54, 1.807) is 0 Å². The first-order valence-corrected chi connectivity index (χ1v) is 13.4. The number of carboxylic acids is 1. The molecule has 0 saturated heterocycles. The van der Waals surface area contributed by atoms with Crippen LogP contribution in [-0.4, -0.2) is 39.6 Å². The van der Waals surface area contributed by atoms with E-state index in [2.05, 4.69) is 27.7 Å². The molecular formula is C29H45NaO5. The maximum Gasteiger partial charge on any atom is 1.00 e. The average molecular weight is 497 g/mol. The van der Waals surface area contributed by atoms with Gasteiger partial charge in [0.25, 0.3) is 0 Å². The van der Waals surface area contributed by atoms with Crippen LogP contribution < -0.4 is 34.7 Å². The molecule has 3 N–H and O–H groups in total. The van der Waals surface area contributed by atoms with Crippen LogP contribution >= 0.6 is 0 Å². The van der Waals surface area contributed by atoms with E-state index in [0.29, 0.717) is 37.2 Å². The molecule has 192 valence electrons. The number of hydrogen-bond donors (Lipinski definition) is 3. The van der Waals surface area contributed by atoms with Gasteiger partial charge in [0.2, 0.25) is 0 Å². The summed E-state index contributed by atoms with van der Waals surface area (Å²) in [6.07, 6.45) is 5.95. The molecule has 35 heavy (non-hydrogen) atoms. The number of aliphatic hydroxyl groups excluding tert-OH is 3. The third-order valence-corrected chi connectivity index (χ3v) is 11.3. The van der Waals surface area contributed by atoms with Gasteiger partial charge in [-0.3, -0.25) is 0 Å². The minimum atomic E-state index is -1.19. The Labute approximate surface area is 233 Å². The first-order chi connectivity index (χ1) is 15.8. The maximum absolute atomic E-state index is 12.2. The number of aliphatic hydroxyl groups is 3. The van der Waals surface area contributed by atoms with Gasteiger partial charge in [-0.15, -0.1) is 0 Å². The van der Waals surface area contributed by atoms with Crippen molar-refractivity contribution in [3.05, 3.63) is 22.8 Å². The van der Waals surface area contributed by atoms with Gasteiger partial charge in [0, 0.05) is 0 Å². The fourth-order valence-electron chi connectivity index (χ4n) is 9.50. The Morgan fingerprint density at radius 3 is 2.31 bits per heavy atom. The zero-order chi connectivity index (χ0) is 25.2. The fourth-order valence-corrected chi connectivity index (χ4v) is 9.50. The van der Waals surface area contributed by atoms with Crippen LogP contribution in [0.25, 0.3) is 0 Å². The molecule has 4 aliphatic rings. The number of aliphatic carboxylic acids is 1. The van der Waals surface area contributed by atoms with E-state index in [9.17, 15) is 25.2 Å². The first-order valence-electron chi connectivity index (χ1n) is 13.4. The molecule has 10 atom stereocenters. The number of carboxylic acid groups (broad SMARTS) is 1. The van der Waals surface area contributed by atoms with Crippen LogP contribution in [-0.2, 0) is 4.79 Å². The zero-order valence-electron chi connectivity index (χ0n) is 22.9. The van der Waals surface area contributed by atoms with Gasteiger partial charge in [-0.1, -0.05) is 39.3 Å². The van der Waals surface area contributed by atoms with Gasteiger partial charge in [-0.05, 0) is 116 Å². The van der Waals surface area contributed by atoms with E-state index in [1.807, 2.05) is 19.9 Å². The summed E-state index contributed by atoms with van der Waals surface area (Å²) in [5.74, 6) is -0.699. The van der Waals surface area contributed by atoms with E-state index in [4.69, 9.17) is 0 Å². The predicted octanol–water partition coefficient (Wildman–Crippen LogP) is 0.765. The van der Waals surface area contributed by atoms with Crippen molar-refractivity contribution in [3.8, 4) is 0 Å². The molecule has 0 heterocycles. The van der Waals surface area contributed by atoms with E-state index in [1.165, 1.54) is 0 Å². The normalized spacial score (nSPS) is 48.1. The van der Waals surface area contributed by atoms with Crippen molar-refractivity contribution in [1.29, 1.82) is 0 Å². The maximum atomic E-state index is 12.2. The summed E-state index contributed by atoms with van der Waals surface area (Å²) in [5, 5.41) is 45.8. The van der Waals surface area contributed by atoms with Crippen molar-refractivity contribution in [2.75, 3.05) is 0 Å². The minimum Gasteiger partial charge on any atom is -0.545 e. The van der Waals surface area contributed by atoms with Crippen molar-refractivity contribution in [1.82, 2.24) is 0 Å². The summed E-state index contributed by atoms with van der Waals surface area (Å²) < 4.78 is 0. The van der Waals surface area contributed by atoms with Gasteiger partial charge in [-0.25, -0.2) is 0 Å². The Kier molecular flexibility index (Phi) is 8.55. The number of carbonyl (C=O) groups is 1. The summed E-state index contributed by atoms with van der Waals surface area (Å²) in [7, 11) is 0. The number of rotatable bonds is 4. The second-order valence-corrected chi connectivity index (χ2v) is 13.0. The van der Waals surface area contributed by atoms with Crippen molar-refractivity contribution < 1.29 is 54.8 Å². The van der Waals surface area contributed by atoms with Gasteiger partial charge >= 0.3 is 29.6 Å². The first kappa shape index (κ1) is 29.4. The van der Waals surface area contributed by atoms with Crippen LogP contribution in [0.4, 0.5) is 0 Å². The molecule has 4 rings (SSSR count). The average Bonchev–Trinajstić information content (AvgIpc) is 2.99. The third kappa shape index (κ3) is 4.44. The minimum absolute atomic E-state index is 0. The summed E-state index contributed by atoms with van der Waals surface area (Å²) >= 11 is 0. The summed E-state index contributed by atoms with van der Waals surface area (Å²) in [5.41, 5.74) is 1.40. The smallest absolute Gasteiger partial charge is 0.545 e. The Balaban J connectivity index is 0.00000342. The molecule has 4 saturated carbocycles. The second-order valence-electron chi connectivity index (χ2n) is 13.0. The molecule has 4 aliphatic carbocycles. The van der Waals surface area contributed by atoms with Crippen LogP contribution in [0, 0.1) is 39.9 Å². The summed E-state index contributed by atoms with van der Waals surface area (Å²) in [6, 6.07) is 0. The van der Waals surface area contributed by atoms with Gasteiger partial charge < -0.3 is 25.2 Å². The fraction of sp³-hybridized carbons (Fsp3) is 0.828. The van der Waals surface area contributed by atoms with Crippen molar-refractivity contribution in [2.24, 2.45) is 39.9 Å². The predicted molar refractivity (Wildman–Crippen MR) is 130 cm³/mol. The summed E-state index contributed by atoms with van der Waals surface area (Å²) in [6.45, 7) is 13.0. The molecule has 5 nitrogen and oxygen atoms in total. The Bertz CT molecular complexity index is 894. The molecule has 0 bridgehead atoms. The second kappa shape index (κ2) is 10.2.